The molecule has 0 heterocycles. The number of halogens is 5. The van der Waals surface area contributed by atoms with Gasteiger partial charge in [0.15, 0.2) is 5.78 Å². The van der Waals surface area contributed by atoms with E-state index in [1.54, 1.807) is 0 Å². The quantitative estimate of drug-likeness (QED) is 0.775. The fourth-order valence-corrected chi connectivity index (χ4v) is 1.73. The molecule has 0 saturated carbocycles. The van der Waals surface area contributed by atoms with E-state index in [1.807, 2.05) is 0 Å². The SMILES string of the molecule is CC(=O)C(Cl)c1ccc(OC(F)(F)F)c(Br)c1. The molecule has 0 aliphatic rings. The number of carbonyl (C=O) groups is 1. The number of ketones is 1. The lowest BCUT2D eigenvalue weighted by molar-refractivity contribution is -0.274. The summed E-state index contributed by atoms with van der Waals surface area (Å²) >= 11 is 8.69. The van der Waals surface area contributed by atoms with E-state index in [0.29, 0.717) is 5.56 Å². The van der Waals surface area contributed by atoms with Gasteiger partial charge >= 0.3 is 6.36 Å². The van der Waals surface area contributed by atoms with Gasteiger partial charge in [-0.3, -0.25) is 4.79 Å². The van der Waals surface area contributed by atoms with Crippen molar-refractivity contribution < 1.29 is 22.7 Å². The van der Waals surface area contributed by atoms with Crippen molar-refractivity contribution >= 4 is 33.3 Å². The van der Waals surface area contributed by atoms with Gasteiger partial charge in [-0.15, -0.1) is 24.8 Å². The van der Waals surface area contributed by atoms with Crippen LogP contribution in [-0.4, -0.2) is 12.1 Å². The third-order valence-electron chi connectivity index (χ3n) is 1.83. The third kappa shape index (κ3) is 4.20. The van der Waals surface area contributed by atoms with E-state index >= 15 is 0 Å². The molecule has 0 spiro atoms. The average Bonchev–Trinajstić information content (AvgIpc) is 2.18. The van der Waals surface area contributed by atoms with Crippen LogP contribution in [0.4, 0.5) is 13.2 Å². The monoisotopic (exact) mass is 330 g/mol. The highest BCUT2D eigenvalue weighted by Gasteiger charge is 2.32. The number of benzene rings is 1. The van der Waals surface area contributed by atoms with Crippen LogP contribution >= 0.6 is 27.5 Å². The highest BCUT2D eigenvalue weighted by atomic mass is 79.9. The molecule has 7 heteroatoms. The van der Waals surface area contributed by atoms with Gasteiger partial charge in [-0.25, -0.2) is 0 Å². The molecule has 17 heavy (non-hydrogen) atoms. The lowest BCUT2D eigenvalue weighted by atomic mass is 10.1. The molecule has 1 unspecified atom stereocenters. The van der Waals surface area contributed by atoms with E-state index in [0.717, 1.165) is 6.07 Å². The Labute approximate surface area is 109 Å². The smallest absolute Gasteiger partial charge is 0.405 e. The second-order valence-electron chi connectivity index (χ2n) is 3.21. The highest BCUT2D eigenvalue weighted by Crippen LogP contribution is 2.33. The van der Waals surface area contributed by atoms with Crippen molar-refractivity contribution in [2.45, 2.75) is 18.7 Å². The number of hydrogen-bond donors (Lipinski definition) is 0. The minimum Gasteiger partial charge on any atom is -0.405 e. The van der Waals surface area contributed by atoms with Gasteiger partial charge in [0.2, 0.25) is 0 Å². The van der Waals surface area contributed by atoms with Crippen LogP contribution in [0.2, 0.25) is 0 Å². The summed E-state index contributed by atoms with van der Waals surface area (Å²) in [5, 5.41) is -0.883. The molecule has 1 rings (SSSR count). The minimum atomic E-state index is -4.76. The molecule has 1 atom stereocenters. The van der Waals surface area contributed by atoms with Gasteiger partial charge in [-0.05, 0) is 40.5 Å². The normalized spacial score (nSPS) is 13.3. The molecule has 0 amide bonds. The Morgan fingerprint density at radius 3 is 2.47 bits per heavy atom. The Morgan fingerprint density at radius 2 is 2.06 bits per heavy atom. The zero-order chi connectivity index (χ0) is 13.2. The first-order valence-corrected chi connectivity index (χ1v) is 5.63. The lowest BCUT2D eigenvalue weighted by Gasteiger charge is -2.12. The molecule has 0 radical (unpaired) electrons. The fraction of sp³-hybridized carbons (Fsp3) is 0.300. The van der Waals surface area contributed by atoms with Crippen molar-refractivity contribution in [3.05, 3.63) is 28.2 Å². The van der Waals surface area contributed by atoms with Gasteiger partial charge in [0.05, 0.1) is 4.47 Å². The summed E-state index contributed by atoms with van der Waals surface area (Å²) in [5.74, 6) is -0.670. The topological polar surface area (TPSA) is 26.3 Å². The Kier molecular flexibility index (Phi) is 4.43. The van der Waals surface area contributed by atoms with Gasteiger partial charge in [0.1, 0.15) is 11.1 Å². The summed E-state index contributed by atoms with van der Waals surface area (Å²) in [7, 11) is 0. The van der Waals surface area contributed by atoms with Gasteiger partial charge < -0.3 is 4.74 Å². The Hall–Kier alpha value is -0.750. The van der Waals surface area contributed by atoms with Crippen molar-refractivity contribution in [1.82, 2.24) is 0 Å². The first-order chi connectivity index (χ1) is 7.70. The zero-order valence-electron chi connectivity index (χ0n) is 8.52. The van der Waals surface area contributed by atoms with Gasteiger partial charge in [0.25, 0.3) is 0 Å². The minimum absolute atomic E-state index is 0.0826. The van der Waals surface area contributed by atoms with Crippen molar-refractivity contribution in [2.75, 3.05) is 0 Å². The number of carbonyl (C=O) groups excluding carboxylic acids is 1. The average molecular weight is 332 g/mol. The molecule has 94 valence electrons. The van der Waals surface area contributed by atoms with Crippen molar-refractivity contribution in [1.29, 1.82) is 0 Å². The molecule has 0 aromatic heterocycles. The second kappa shape index (κ2) is 5.27. The Balaban J connectivity index is 2.98. The molecular weight excluding hydrogens is 324 g/mol. The summed E-state index contributed by atoms with van der Waals surface area (Å²) in [6, 6.07) is 3.73. The van der Waals surface area contributed by atoms with Crippen LogP contribution in [0.3, 0.4) is 0 Å². The molecule has 0 bridgehead atoms. The molecule has 0 fully saturated rings. The zero-order valence-corrected chi connectivity index (χ0v) is 10.9. The molecular formula is C10H7BrClF3O2. The molecule has 1 aromatic rings. The van der Waals surface area contributed by atoms with Gasteiger partial charge in [-0.2, -0.15) is 0 Å². The number of ether oxygens (including phenoxy) is 1. The summed E-state index contributed by atoms with van der Waals surface area (Å²) in [6.07, 6.45) is -4.76. The fourth-order valence-electron chi connectivity index (χ4n) is 1.12. The van der Waals surface area contributed by atoms with Crippen LogP contribution in [0.15, 0.2) is 22.7 Å². The van der Waals surface area contributed by atoms with Crippen LogP contribution in [0, 0.1) is 0 Å². The van der Waals surface area contributed by atoms with E-state index in [2.05, 4.69) is 20.7 Å². The maximum atomic E-state index is 12.0. The lowest BCUT2D eigenvalue weighted by Crippen LogP contribution is -2.17. The second-order valence-corrected chi connectivity index (χ2v) is 4.50. The molecule has 0 aliphatic carbocycles. The van der Waals surface area contributed by atoms with Crippen molar-refractivity contribution in [3.63, 3.8) is 0 Å². The summed E-state index contributed by atoms with van der Waals surface area (Å²) < 4.78 is 39.8. The van der Waals surface area contributed by atoms with Crippen LogP contribution in [0.5, 0.6) is 5.75 Å². The largest absolute Gasteiger partial charge is 0.573 e. The van der Waals surface area contributed by atoms with E-state index in [9.17, 15) is 18.0 Å². The van der Waals surface area contributed by atoms with Crippen molar-refractivity contribution in [2.24, 2.45) is 0 Å². The van der Waals surface area contributed by atoms with E-state index in [4.69, 9.17) is 11.6 Å². The van der Waals surface area contributed by atoms with Gasteiger partial charge in [-0.1, -0.05) is 6.07 Å². The molecule has 2 nitrogen and oxygen atoms in total. The molecule has 0 saturated heterocycles. The first kappa shape index (κ1) is 14.3. The highest BCUT2D eigenvalue weighted by molar-refractivity contribution is 9.10. The predicted molar refractivity (Wildman–Crippen MR) is 60.1 cm³/mol. The van der Waals surface area contributed by atoms with E-state index in [-0.39, 0.29) is 16.0 Å². The van der Waals surface area contributed by atoms with Crippen LogP contribution < -0.4 is 4.74 Å². The first-order valence-electron chi connectivity index (χ1n) is 4.40. The van der Waals surface area contributed by atoms with Gasteiger partial charge in [0, 0.05) is 0 Å². The Bertz CT molecular complexity index is 434. The van der Waals surface area contributed by atoms with E-state index < -0.39 is 11.7 Å². The van der Waals surface area contributed by atoms with Crippen LogP contribution in [0.25, 0.3) is 0 Å². The maximum Gasteiger partial charge on any atom is 0.573 e. The molecule has 1 aromatic carbocycles. The number of rotatable bonds is 3. The molecule has 0 aliphatic heterocycles. The summed E-state index contributed by atoms with van der Waals surface area (Å²) in [4.78, 5) is 11.0. The number of alkyl halides is 4. The number of Topliss-reactive ketones (excluding diaryl/α,β-unsaturated/α-hetero) is 1. The maximum absolute atomic E-state index is 12.0. The standard InChI is InChI=1S/C10H7BrClF3O2/c1-5(16)9(12)6-2-3-8(7(11)4-6)17-10(13,14)15/h2-4,9H,1H3. The number of hydrogen-bond acceptors (Lipinski definition) is 2. The third-order valence-corrected chi connectivity index (χ3v) is 3.01. The summed E-state index contributed by atoms with van der Waals surface area (Å²) in [6.45, 7) is 1.30. The van der Waals surface area contributed by atoms with Crippen molar-refractivity contribution in [3.8, 4) is 5.75 Å². The van der Waals surface area contributed by atoms with Crippen LogP contribution in [0.1, 0.15) is 17.9 Å². The molecule has 0 N–H and O–H groups in total. The Morgan fingerprint density at radius 1 is 1.47 bits per heavy atom. The predicted octanol–water partition coefficient (Wildman–Crippen LogP) is 4.22. The van der Waals surface area contributed by atoms with Crippen LogP contribution in [-0.2, 0) is 4.79 Å². The summed E-state index contributed by atoms with van der Waals surface area (Å²) in [5.41, 5.74) is 0.403. The van der Waals surface area contributed by atoms with E-state index in [1.165, 1.54) is 19.1 Å².